The second-order valence-corrected chi connectivity index (χ2v) is 9.04. The highest BCUT2D eigenvalue weighted by atomic mass is 19.1. The fourth-order valence-electron chi connectivity index (χ4n) is 4.26. The third kappa shape index (κ3) is 8.01. The van der Waals surface area contributed by atoms with E-state index in [9.17, 15) is 14.0 Å². The summed E-state index contributed by atoms with van der Waals surface area (Å²) in [6.45, 7) is 13.7. The van der Waals surface area contributed by atoms with Gasteiger partial charge in [0.1, 0.15) is 11.9 Å². The Bertz CT molecular complexity index is 923. The molecule has 0 heterocycles. The van der Waals surface area contributed by atoms with Gasteiger partial charge in [0.2, 0.25) is 11.8 Å². The Morgan fingerprint density at radius 1 is 1.12 bits per heavy atom. The van der Waals surface area contributed by atoms with Crippen LogP contribution in [0, 0.1) is 5.82 Å². The average Bonchev–Trinajstić information content (AvgIpc) is 2.81. The maximum Gasteiger partial charge on any atom is 0.247 e. The summed E-state index contributed by atoms with van der Waals surface area (Å²) in [4.78, 5) is 28.7. The number of nitrogens with one attached hydrogen (secondary N) is 2. The third-order valence-electron chi connectivity index (χ3n) is 6.03. The van der Waals surface area contributed by atoms with Crippen molar-refractivity contribution in [1.29, 1.82) is 0 Å². The van der Waals surface area contributed by atoms with Crippen LogP contribution in [0.3, 0.4) is 0 Å². The smallest absolute Gasteiger partial charge is 0.247 e. The van der Waals surface area contributed by atoms with Gasteiger partial charge in [0, 0.05) is 18.3 Å². The molecule has 1 saturated carbocycles. The van der Waals surface area contributed by atoms with Gasteiger partial charge in [-0.05, 0) is 63.5 Å². The molecule has 1 atom stereocenters. The number of anilines is 1. The average molecular weight is 468 g/mol. The fraction of sp³-hybridized carbons (Fsp3) is 0.429. The van der Waals surface area contributed by atoms with Crippen LogP contribution < -0.4 is 10.6 Å². The van der Waals surface area contributed by atoms with Crippen molar-refractivity contribution in [3.8, 4) is 0 Å². The molecular weight excluding hydrogens is 429 g/mol. The van der Waals surface area contributed by atoms with Crippen LogP contribution in [-0.2, 0) is 9.59 Å². The molecule has 0 spiro atoms. The third-order valence-corrected chi connectivity index (χ3v) is 6.03. The molecule has 184 valence electrons. The van der Waals surface area contributed by atoms with Crippen LogP contribution in [0.5, 0.6) is 0 Å². The molecule has 1 aliphatic carbocycles. The number of nitrogens with zero attached hydrogens (tertiary/aromatic N) is 1. The Kier molecular flexibility index (Phi) is 10.8. The summed E-state index contributed by atoms with van der Waals surface area (Å²) < 4.78 is 13.2. The Morgan fingerprint density at radius 3 is 2.32 bits per heavy atom. The molecule has 1 fully saturated rings. The van der Waals surface area contributed by atoms with E-state index in [-0.39, 0.29) is 36.8 Å². The van der Waals surface area contributed by atoms with Crippen molar-refractivity contribution in [3.63, 3.8) is 0 Å². The highest BCUT2D eigenvalue weighted by molar-refractivity contribution is 5.92. The maximum atomic E-state index is 13.6. The van der Waals surface area contributed by atoms with Crippen LogP contribution in [0.25, 0.3) is 0 Å². The summed E-state index contributed by atoms with van der Waals surface area (Å²) in [5.41, 5.74) is 3.17. The summed E-state index contributed by atoms with van der Waals surface area (Å²) >= 11 is 0. The first-order valence-corrected chi connectivity index (χ1v) is 11.9. The normalized spacial score (nSPS) is 15.1. The Morgan fingerprint density at radius 2 is 1.76 bits per heavy atom. The van der Waals surface area contributed by atoms with Crippen LogP contribution in [0.15, 0.2) is 72.4 Å². The minimum Gasteiger partial charge on any atom is -0.376 e. The number of carbonyl (C=O) groups is 2. The molecule has 2 rings (SSSR count). The highest BCUT2D eigenvalue weighted by Gasteiger charge is 2.33. The van der Waals surface area contributed by atoms with E-state index in [1.165, 1.54) is 18.6 Å². The number of carbonyl (C=O) groups excluding carboxylic acids is 2. The molecule has 0 aromatic heterocycles. The van der Waals surface area contributed by atoms with E-state index in [0.29, 0.717) is 5.69 Å². The van der Waals surface area contributed by atoms with Crippen LogP contribution >= 0.6 is 0 Å². The van der Waals surface area contributed by atoms with E-state index >= 15 is 0 Å². The molecule has 2 N–H and O–H groups in total. The number of benzene rings is 1. The van der Waals surface area contributed by atoms with Crippen LogP contribution in [0.1, 0.15) is 52.9 Å². The minimum atomic E-state index is -0.805. The number of halogens is 1. The molecule has 34 heavy (non-hydrogen) atoms. The predicted octanol–water partition coefficient (Wildman–Crippen LogP) is 5.54. The van der Waals surface area contributed by atoms with Crippen LogP contribution in [0.2, 0.25) is 0 Å². The largest absolute Gasteiger partial charge is 0.376 e. The van der Waals surface area contributed by atoms with Crippen LogP contribution in [0.4, 0.5) is 10.1 Å². The topological polar surface area (TPSA) is 61.4 Å². The van der Waals surface area contributed by atoms with Gasteiger partial charge in [-0.2, -0.15) is 0 Å². The van der Waals surface area contributed by atoms with Gasteiger partial charge in [-0.3, -0.25) is 9.59 Å². The van der Waals surface area contributed by atoms with Crippen molar-refractivity contribution in [2.24, 2.45) is 0 Å². The first kappa shape index (κ1) is 27.1. The van der Waals surface area contributed by atoms with E-state index in [2.05, 4.69) is 23.8 Å². The lowest BCUT2D eigenvalue weighted by Crippen LogP contribution is -2.54. The fourth-order valence-corrected chi connectivity index (χ4v) is 4.26. The zero-order chi connectivity index (χ0) is 25.1. The first-order valence-electron chi connectivity index (χ1n) is 11.9. The maximum absolute atomic E-state index is 13.6. The van der Waals surface area contributed by atoms with Crippen molar-refractivity contribution in [3.05, 3.63) is 78.2 Å². The van der Waals surface area contributed by atoms with Gasteiger partial charge in [0.15, 0.2) is 0 Å². The van der Waals surface area contributed by atoms with Gasteiger partial charge in [-0.25, -0.2) is 4.39 Å². The van der Waals surface area contributed by atoms with Crippen molar-refractivity contribution in [2.45, 2.75) is 65.0 Å². The van der Waals surface area contributed by atoms with Gasteiger partial charge < -0.3 is 15.5 Å². The zero-order valence-electron chi connectivity index (χ0n) is 20.7. The molecule has 1 aliphatic rings. The molecule has 0 radical (unpaired) electrons. The monoisotopic (exact) mass is 467 g/mol. The molecule has 0 bridgehead atoms. The SMILES string of the molecule is C=CC=C(C)CN(C(=O)CNc1ccc(F)cc1)C(C(=O)NC1CCCCC1)C(C=C)=C(C)C. The number of allylic oxidation sites excluding steroid dienone is 3. The van der Waals surface area contributed by atoms with Crippen molar-refractivity contribution < 1.29 is 14.0 Å². The molecule has 1 aromatic rings. The Balaban J connectivity index is 2.36. The number of amides is 2. The summed E-state index contributed by atoms with van der Waals surface area (Å²) in [5.74, 6) is -0.780. The quantitative estimate of drug-likeness (QED) is 0.420. The van der Waals surface area contributed by atoms with Crippen molar-refractivity contribution in [1.82, 2.24) is 10.2 Å². The van der Waals surface area contributed by atoms with E-state index in [4.69, 9.17) is 0 Å². The molecule has 6 heteroatoms. The van der Waals surface area contributed by atoms with Crippen molar-refractivity contribution >= 4 is 17.5 Å². The van der Waals surface area contributed by atoms with Gasteiger partial charge in [-0.1, -0.05) is 61.8 Å². The van der Waals surface area contributed by atoms with Gasteiger partial charge in [0.25, 0.3) is 0 Å². The lowest BCUT2D eigenvalue weighted by atomic mass is 9.94. The Hall–Kier alpha value is -3.15. The lowest BCUT2D eigenvalue weighted by molar-refractivity contribution is -0.137. The first-order chi connectivity index (χ1) is 16.3. The van der Waals surface area contributed by atoms with Gasteiger partial charge in [-0.15, -0.1) is 0 Å². The minimum absolute atomic E-state index is 0.0343. The number of hydrogen-bond donors (Lipinski definition) is 2. The molecule has 2 amide bonds. The molecule has 0 saturated heterocycles. The number of rotatable bonds is 11. The molecule has 1 unspecified atom stereocenters. The van der Waals surface area contributed by atoms with E-state index in [0.717, 1.165) is 42.4 Å². The molecular formula is C28H38FN3O2. The van der Waals surface area contributed by atoms with Crippen molar-refractivity contribution in [2.75, 3.05) is 18.4 Å². The summed E-state index contributed by atoms with van der Waals surface area (Å²) in [6.07, 6.45) is 10.4. The summed E-state index contributed by atoms with van der Waals surface area (Å²) in [7, 11) is 0. The highest BCUT2D eigenvalue weighted by Crippen LogP contribution is 2.22. The Labute approximate surface area is 203 Å². The lowest BCUT2D eigenvalue weighted by Gasteiger charge is -2.35. The van der Waals surface area contributed by atoms with Gasteiger partial charge >= 0.3 is 0 Å². The van der Waals surface area contributed by atoms with E-state index < -0.39 is 6.04 Å². The second kappa shape index (κ2) is 13.5. The second-order valence-electron chi connectivity index (χ2n) is 9.04. The summed E-state index contributed by atoms with van der Waals surface area (Å²) in [5, 5.41) is 6.24. The zero-order valence-corrected chi connectivity index (χ0v) is 20.7. The van der Waals surface area contributed by atoms with E-state index in [1.807, 2.05) is 26.8 Å². The van der Waals surface area contributed by atoms with E-state index in [1.54, 1.807) is 29.2 Å². The van der Waals surface area contributed by atoms with Gasteiger partial charge in [0.05, 0.1) is 6.54 Å². The molecule has 1 aromatic carbocycles. The predicted molar refractivity (Wildman–Crippen MR) is 138 cm³/mol. The standard InChI is InChI=1S/C28H38FN3O2/c1-6-11-21(5)19-32(26(33)18-30-23-16-14-22(29)15-17-23)27(25(7-2)20(3)4)28(34)31-24-12-9-8-10-13-24/h6-7,11,14-17,24,27,30H,1-2,8-10,12-13,18-19H2,3-5H3,(H,31,34). The van der Waals surface area contributed by atoms with Crippen LogP contribution in [-0.4, -0.2) is 41.9 Å². The number of hydrogen-bond acceptors (Lipinski definition) is 3. The molecule has 5 nitrogen and oxygen atoms in total. The summed E-state index contributed by atoms with van der Waals surface area (Å²) in [6, 6.07) is 5.14. The molecule has 0 aliphatic heterocycles.